The fourth-order valence-corrected chi connectivity index (χ4v) is 2.84. The van der Waals surface area contributed by atoms with E-state index >= 15 is 0 Å². The zero-order valence-corrected chi connectivity index (χ0v) is 13.1. The summed E-state index contributed by atoms with van der Waals surface area (Å²) in [5.74, 6) is 0.824. The largest absolute Gasteiger partial charge is 0.314 e. The van der Waals surface area contributed by atoms with E-state index in [1.54, 1.807) is 0 Å². The molecule has 7 heteroatoms. The number of rotatable bonds is 6. The number of hydrogen-bond donors (Lipinski definition) is 1. The van der Waals surface area contributed by atoms with Gasteiger partial charge in [0.1, 0.15) is 0 Å². The molecule has 2 rings (SSSR count). The molecule has 0 saturated carbocycles. The highest BCUT2D eigenvalue weighted by molar-refractivity contribution is 4.89. The van der Waals surface area contributed by atoms with Crippen LogP contribution in [0.15, 0.2) is 0 Å². The molecule has 2 atom stereocenters. The molecule has 0 aliphatic carbocycles. The maximum Gasteiger partial charge on any atom is 0.176 e. The van der Waals surface area contributed by atoms with Gasteiger partial charge < -0.3 is 15.1 Å². The summed E-state index contributed by atoms with van der Waals surface area (Å²) in [7, 11) is 6.23. The van der Waals surface area contributed by atoms with Gasteiger partial charge in [0.05, 0.1) is 7.05 Å². The molecular weight excluding hydrogens is 254 g/mol. The summed E-state index contributed by atoms with van der Waals surface area (Å²) in [4.78, 5) is 6.40. The molecule has 1 aromatic heterocycles. The number of aromatic nitrogens is 4. The molecule has 1 aliphatic rings. The van der Waals surface area contributed by atoms with E-state index in [0.29, 0.717) is 12.1 Å². The normalized spacial score (nSPS) is 23.1. The van der Waals surface area contributed by atoms with Gasteiger partial charge >= 0.3 is 0 Å². The van der Waals surface area contributed by atoms with Gasteiger partial charge in [-0.3, -0.25) is 0 Å². The van der Waals surface area contributed by atoms with Crippen molar-refractivity contribution in [1.29, 1.82) is 0 Å². The van der Waals surface area contributed by atoms with Gasteiger partial charge in [0, 0.05) is 38.1 Å². The van der Waals surface area contributed by atoms with Gasteiger partial charge in [-0.1, -0.05) is 6.92 Å². The smallest absolute Gasteiger partial charge is 0.176 e. The summed E-state index contributed by atoms with van der Waals surface area (Å²) in [6.45, 7) is 6.55. The van der Waals surface area contributed by atoms with Crippen LogP contribution in [-0.4, -0.2) is 82.4 Å². The van der Waals surface area contributed by atoms with Gasteiger partial charge in [-0.2, -0.15) is 4.80 Å². The molecular formula is C13H27N7. The first kappa shape index (κ1) is 15.3. The fourth-order valence-electron chi connectivity index (χ4n) is 2.84. The third kappa shape index (κ3) is 4.22. The van der Waals surface area contributed by atoms with Crippen LogP contribution in [0, 0.1) is 0 Å². The topological polar surface area (TPSA) is 62.1 Å². The van der Waals surface area contributed by atoms with Crippen molar-refractivity contribution in [2.45, 2.75) is 31.8 Å². The van der Waals surface area contributed by atoms with E-state index in [2.05, 4.69) is 51.5 Å². The third-order valence-electron chi connectivity index (χ3n) is 4.01. The Bertz CT molecular complexity index is 405. The quantitative estimate of drug-likeness (QED) is 0.749. The Labute approximate surface area is 121 Å². The number of nitrogens with zero attached hydrogens (tertiary/aromatic N) is 6. The fraction of sp³-hybridized carbons (Fsp3) is 0.923. The van der Waals surface area contributed by atoms with E-state index in [1.165, 1.54) is 4.80 Å². The van der Waals surface area contributed by atoms with Gasteiger partial charge in [0.2, 0.25) is 0 Å². The van der Waals surface area contributed by atoms with Crippen molar-refractivity contribution in [3.8, 4) is 0 Å². The number of piperazine rings is 1. The van der Waals surface area contributed by atoms with Crippen LogP contribution in [0.25, 0.3) is 0 Å². The maximum absolute atomic E-state index is 4.29. The van der Waals surface area contributed by atoms with Crippen molar-refractivity contribution in [3.05, 3.63) is 5.82 Å². The standard InChI is InChI=1S/C13H27N7/c1-5-14-11(9-13-15-17-20(4)16-13)8-12-10-18(2)6-7-19(12)3/h11-12,14H,5-10H2,1-4H3. The first-order valence-electron chi connectivity index (χ1n) is 7.43. The number of nitrogens with one attached hydrogen (secondary N) is 1. The summed E-state index contributed by atoms with van der Waals surface area (Å²) < 4.78 is 0. The SMILES string of the molecule is CCNC(Cc1nnn(C)n1)CC1CN(C)CCN1C. The average molecular weight is 281 g/mol. The molecule has 0 bridgehead atoms. The average Bonchev–Trinajstić information content (AvgIpc) is 2.79. The molecule has 1 saturated heterocycles. The van der Waals surface area contributed by atoms with E-state index in [9.17, 15) is 0 Å². The Kier molecular flexibility index (Phi) is 5.45. The third-order valence-corrected chi connectivity index (χ3v) is 4.01. The van der Waals surface area contributed by atoms with Gasteiger partial charge in [0.25, 0.3) is 0 Å². The van der Waals surface area contributed by atoms with Gasteiger partial charge in [-0.25, -0.2) is 0 Å². The minimum Gasteiger partial charge on any atom is -0.314 e. The number of aryl methyl sites for hydroxylation is 1. The maximum atomic E-state index is 4.29. The molecule has 1 fully saturated rings. The Balaban J connectivity index is 1.93. The lowest BCUT2D eigenvalue weighted by Gasteiger charge is -2.39. The van der Waals surface area contributed by atoms with Crippen molar-refractivity contribution in [3.63, 3.8) is 0 Å². The van der Waals surface area contributed by atoms with Crippen molar-refractivity contribution in [2.24, 2.45) is 7.05 Å². The molecule has 2 unspecified atom stereocenters. The summed E-state index contributed by atoms with van der Waals surface area (Å²) >= 11 is 0. The predicted molar refractivity (Wildman–Crippen MR) is 78.5 cm³/mol. The van der Waals surface area contributed by atoms with Crippen LogP contribution >= 0.6 is 0 Å². The molecule has 0 aromatic carbocycles. The van der Waals surface area contributed by atoms with Crippen LogP contribution in [0.3, 0.4) is 0 Å². The molecule has 1 aromatic rings. The van der Waals surface area contributed by atoms with E-state index < -0.39 is 0 Å². The van der Waals surface area contributed by atoms with Crippen molar-refractivity contribution in [1.82, 2.24) is 35.3 Å². The number of tetrazole rings is 1. The predicted octanol–water partition coefficient (Wildman–Crippen LogP) is -0.633. The van der Waals surface area contributed by atoms with Crippen molar-refractivity contribution >= 4 is 0 Å². The lowest BCUT2D eigenvalue weighted by atomic mass is 10.0. The van der Waals surface area contributed by atoms with Crippen LogP contribution < -0.4 is 5.32 Å². The Morgan fingerprint density at radius 2 is 2.10 bits per heavy atom. The monoisotopic (exact) mass is 281 g/mol. The lowest BCUT2D eigenvalue weighted by Crippen LogP contribution is -2.52. The highest BCUT2D eigenvalue weighted by Crippen LogP contribution is 2.13. The minimum atomic E-state index is 0.406. The van der Waals surface area contributed by atoms with Gasteiger partial charge in [-0.05, 0) is 32.3 Å². The Hall–Kier alpha value is -1.05. The molecule has 7 nitrogen and oxygen atoms in total. The number of hydrogen-bond acceptors (Lipinski definition) is 6. The lowest BCUT2D eigenvalue weighted by molar-refractivity contribution is 0.101. The van der Waals surface area contributed by atoms with Gasteiger partial charge in [-0.15, -0.1) is 10.2 Å². The summed E-state index contributed by atoms with van der Waals surface area (Å²) in [6.07, 6.45) is 1.96. The second kappa shape index (κ2) is 7.10. The van der Waals surface area contributed by atoms with Crippen LogP contribution in [0.1, 0.15) is 19.2 Å². The first-order chi connectivity index (χ1) is 9.58. The molecule has 2 heterocycles. The molecule has 20 heavy (non-hydrogen) atoms. The van der Waals surface area contributed by atoms with E-state index in [1.807, 2.05) is 7.05 Å². The van der Waals surface area contributed by atoms with Crippen LogP contribution in [0.5, 0.6) is 0 Å². The van der Waals surface area contributed by atoms with Crippen LogP contribution in [0.4, 0.5) is 0 Å². The summed E-state index contributed by atoms with van der Waals surface area (Å²) in [5, 5.41) is 15.9. The molecule has 114 valence electrons. The summed E-state index contributed by atoms with van der Waals surface area (Å²) in [6, 6.07) is 0.998. The van der Waals surface area contributed by atoms with Crippen LogP contribution in [-0.2, 0) is 13.5 Å². The molecule has 1 aliphatic heterocycles. The van der Waals surface area contributed by atoms with Crippen molar-refractivity contribution < 1.29 is 0 Å². The molecule has 1 N–H and O–H groups in total. The van der Waals surface area contributed by atoms with E-state index in [-0.39, 0.29) is 0 Å². The van der Waals surface area contributed by atoms with Gasteiger partial charge in [0.15, 0.2) is 5.82 Å². The molecule has 0 amide bonds. The Morgan fingerprint density at radius 3 is 2.75 bits per heavy atom. The second-order valence-electron chi connectivity index (χ2n) is 5.79. The Morgan fingerprint density at radius 1 is 1.30 bits per heavy atom. The minimum absolute atomic E-state index is 0.406. The number of likely N-dealkylation sites (N-methyl/N-ethyl adjacent to an activating group) is 3. The zero-order valence-electron chi connectivity index (χ0n) is 13.1. The van der Waals surface area contributed by atoms with E-state index in [0.717, 1.165) is 44.8 Å². The second-order valence-corrected chi connectivity index (χ2v) is 5.79. The van der Waals surface area contributed by atoms with Crippen molar-refractivity contribution in [2.75, 3.05) is 40.3 Å². The molecule has 0 spiro atoms. The molecule has 0 radical (unpaired) electrons. The van der Waals surface area contributed by atoms with E-state index in [4.69, 9.17) is 0 Å². The highest BCUT2D eigenvalue weighted by atomic mass is 15.6. The highest BCUT2D eigenvalue weighted by Gasteiger charge is 2.25. The van der Waals surface area contributed by atoms with Crippen LogP contribution in [0.2, 0.25) is 0 Å². The summed E-state index contributed by atoms with van der Waals surface area (Å²) in [5.41, 5.74) is 0. The first-order valence-corrected chi connectivity index (χ1v) is 7.43. The zero-order chi connectivity index (χ0) is 14.5.